The lowest BCUT2D eigenvalue weighted by Crippen LogP contribution is -2.57. The highest BCUT2D eigenvalue weighted by Gasteiger charge is 2.50. The number of benzene rings is 2. The van der Waals surface area contributed by atoms with E-state index in [4.69, 9.17) is 30.4 Å². The second-order valence-corrected chi connectivity index (χ2v) is 15.7. The maximum atomic E-state index is 17.3. The first-order valence-corrected chi connectivity index (χ1v) is 18.4. The van der Waals surface area contributed by atoms with Crippen molar-refractivity contribution in [2.45, 2.75) is 82.3 Å². The molecule has 2 aromatic heterocycles. The maximum absolute atomic E-state index is 17.3. The number of hydrogen-bond acceptors (Lipinski definition) is 10. The molecule has 0 saturated carbocycles. The monoisotopic (exact) mass is 744 g/mol. The SMILES string of the molecule is C#Cc1c(F)ccc2cc(OCOC)cc(-c3ncc4c(N5CC6CCC(C5)N6C(=O)OC(C)(C)C)nc(OC[C@]56CCCN5C[C@@H](F)C6)nc4c3F)c12. The first-order chi connectivity index (χ1) is 25.9. The zero-order valence-electron chi connectivity index (χ0n) is 30.8. The quantitative estimate of drug-likeness (QED) is 0.144. The van der Waals surface area contributed by atoms with Crippen molar-refractivity contribution in [3.8, 4) is 35.4 Å². The minimum Gasteiger partial charge on any atom is -0.468 e. The average molecular weight is 745 g/mol. The molecule has 8 rings (SSSR count). The number of piperazine rings is 1. The Balaban J connectivity index is 1.24. The summed E-state index contributed by atoms with van der Waals surface area (Å²) in [5.74, 6) is 1.73. The van der Waals surface area contributed by atoms with Crippen LogP contribution in [-0.2, 0) is 9.47 Å². The van der Waals surface area contributed by atoms with Crippen molar-refractivity contribution in [1.82, 2.24) is 24.8 Å². The first kappa shape index (κ1) is 36.1. The van der Waals surface area contributed by atoms with Gasteiger partial charge < -0.3 is 23.8 Å². The van der Waals surface area contributed by atoms with E-state index in [2.05, 4.69) is 20.8 Å². The third-order valence-corrected chi connectivity index (χ3v) is 11.0. The molecular weight excluding hydrogens is 701 g/mol. The van der Waals surface area contributed by atoms with Crippen molar-refractivity contribution in [3.63, 3.8) is 0 Å². The third-order valence-electron chi connectivity index (χ3n) is 11.0. The van der Waals surface area contributed by atoms with Gasteiger partial charge in [-0.15, -0.1) is 6.42 Å². The first-order valence-electron chi connectivity index (χ1n) is 18.4. The number of nitrogens with zero attached hydrogens (tertiary/aromatic N) is 6. The van der Waals surface area contributed by atoms with Gasteiger partial charge in [-0.05, 0) is 76.6 Å². The van der Waals surface area contributed by atoms with Crippen LogP contribution in [0.3, 0.4) is 0 Å². The number of ether oxygens (including phenoxy) is 4. The Morgan fingerprint density at radius 3 is 2.59 bits per heavy atom. The number of aromatic nitrogens is 3. The highest BCUT2D eigenvalue weighted by atomic mass is 19.1. The molecule has 2 bridgehead atoms. The molecule has 0 radical (unpaired) electrons. The molecule has 11 nitrogen and oxygen atoms in total. The molecule has 4 atom stereocenters. The summed E-state index contributed by atoms with van der Waals surface area (Å²) >= 11 is 0. The number of pyridine rings is 1. The van der Waals surface area contributed by atoms with E-state index < -0.39 is 28.9 Å². The van der Waals surface area contributed by atoms with Crippen LogP contribution in [0.2, 0.25) is 0 Å². The number of methoxy groups -OCH3 is 1. The number of carbonyl (C=O) groups is 1. The van der Waals surface area contributed by atoms with Gasteiger partial charge in [0.25, 0.3) is 0 Å². The van der Waals surface area contributed by atoms with Crippen molar-refractivity contribution in [2.75, 3.05) is 51.6 Å². The second-order valence-electron chi connectivity index (χ2n) is 15.7. The Hall–Kier alpha value is -4.87. The molecule has 6 heterocycles. The van der Waals surface area contributed by atoms with E-state index in [0.29, 0.717) is 48.4 Å². The van der Waals surface area contributed by atoms with Crippen LogP contribution in [0.4, 0.5) is 23.8 Å². The number of terminal acetylenes is 1. The lowest BCUT2D eigenvalue weighted by atomic mass is 9.95. The molecule has 4 aliphatic heterocycles. The number of hydrogen-bond donors (Lipinski definition) is 0. The van der Waals surface area contributed by atoms with Crippen molar-refractivity contribution >= 4 is 33.6 Å². The van der Waals surface area contributed by atoms with Crippen molar-refractivity contribution in [2.24, 2.45) is 0 Å². The smallest absolute Gasteiger partial charge is 0.410 e. The Morgan fingerprint density at radius 2 is 1.87 bits per heavy atom. The zero-order chi connectivity index (χ0) is 37.9. The summed E-state index contributed by atoms with van der Waals surface area (Å²) in [7, 11) is 1.48. The van der Waals surface area contributed by atoms with Gasteiger partial charge in [0, 0.05) is 50.3 Å². The third kappa shape index (κ3) is 6.41. The molecule has 2 unspecified atom stereocenters. The Labute approximate surface area is 311 Å². The van der Waals surface area contributed by atoms with Crippen LogP contribution in [0, 0.1) is 24.0 Å². The van der Waals surface area contributed by atoms with Crippen molar-refractivity contribution < 1.29 is 36.9 Å². The molecule has 4 aliphatic rings. The summed E-state index contributed by atoms with van der Waals surface area (Å²) in [6.07, 6.45) is 9.56. The lowest BCUT2D eigenvalue weighted by Gasteiger charge is -2.42. The van der Waals surface area contributed by atoms with Crippen LogP contribution in [-0.4, -0.2) is 107 Å². The number of amides is 1. The van der Waals surface area contributed by atoms with Crippen LogP contribution in [0.1, 0.15) is 58.4 Å². The van der Waals surface area contributed by atoms with Crippen LogP contribution in [0.5, 0.6) is 11.8 Å². The Bertz CT molecular complexity index is 2160. The fraction of sp³-hybridized carbons (Fsp3) is 0.500. The van der Waals surface area contributed by atoms with E-state index in [1.807, 2.05) is 30.6 Å². The highest BCUT2D eigenvalue weighted by Crippen LogP contribution is 2.43. The highest BCUT2D eigenvalue weighted by molar-refractivity contribution is 6.03. The largest absolute Gasteiger partial charge is 0.468 e. The summed E-state index contributed by atoms with van der Waals surface area (Å²) in [5, 5.41) is 1.14. The van der Waals surface area contributed by atoms with Gasteiger partial charge in [0.1, 0.15) is 47.0 Å². The number of carbonyl (C=O) groups excluding carboxylic acids is 1. The predicted octanol–water partition coefficient (Wildman–Crippen LogP) is 6.63. The summed E-state index contributed by atoms with van der Waals surface area (Å²) in [4.78, 5) is 33.3. The number of fused-ring (bicyclic) bond motifs is 5. The van der Waals surface area contributed by atoms with E-state index in [1.54, 1.807) is 18.2 Å². The van der Waals surface area contributed by atoms with Crippen LogP contribution >= 0.6 is 0 Å². The van der Waals surface area contributed by atoms with Gasteiger partial charge in [0.15, 0.2) is 12.6 Å². The van der Waals surface area contributed by atoms with Gasteiger partial charge in [-0.2, -0.15) is 9.97 Å². The number of halogens is 3. The van der Waals surface area contributed by atoms with E-state index in [0.717, 1.165) is 32.2 Å². The summed E-state index contributed by atoms with van der Waals surface area (Å²) < 4.78 is 69.9. The molecule has 4 saturated heterocycles. The Kier molecular flexibility index (Phi) is 9.21. The summed E-state index contributed by atoms with van der Waals surface area (Å²) in [6.45, 7) is 7.55. The van der Waals surface area contributed by atoms with Gasteiger partial charge in [-0.3, -0.25) is 14.8 Å². The van der Waals surface area contributed by atoms with E-state index >= 15 is 8.78 Å². The predicted molar refractivity (Wildman–Crippen MR) is 196 cm³/mol. The second kappa shape index (κ2) is 13.8. The van der Waals surface area contributed by atoms with Crippen LogP contribution < -0.4 is 14.4 Å². The fourth-order valence-electron chi connectivity index (χ4n) is 8.80. The molecule has 0 aliphatic carbocycles. The molecule has 2 aromatic carbocycles. The van der Waals surface area contributed by atoms with Gasteiger partial charge in [-0.1, -0.05) is 12.0 Å². The van der Waals surface area contributed by atoms with Crippen molar-refractivity contribution in [3.05, 3.63) is 47.7 Å². The topological polar surface area (TPSA) is 102 Å². The molecular formula is C40H43F3N6O5. The number of anilines is 1. The Morgan fingerprint density at radius 1 is 1.09 bits per heavy atom. The van der Waals surface area contributed by atoms with E-state index in [1.165, 1.54) is 19.4 Å². The van der Waals surface area contributed by atoms with E-state index in [9.17, 15) is 9.18 Å². The average Bonchev–Trinajstić information content (AvgIpc) is 3.75. The number of alkyl halides is 1. The van der Waals surface area contributed by atoms with Gasteiger partial charge in [0.2, 0.25) is 0 Å². The minimum absolute atomic E-state index is 0.0454. The molecule has 1 amide bonds. The molecule has 0 spiro atoms. The molecule has 4 aromatic rings. The fourth-order valence-corrected chi connectivity index (χ4v) is 8.80. The van der Waals surface area contributed by atoms with Crippen LogP contribution in [0.25, 0.3) is 32.9 Å². The van der Waals surface area contributed by atoms with Gasteiger partial charge >= 0.3 is 12.1 Å². The maximum Gasteiger partial charge on any atom is 0.410 e. The molecule has 4 fully saturated rings. The molecule has 0 N–H and O–H groups in total. The standard InChI is InChI=1S/C40H43F3N6O5/c1-6-28-31(42)11-8-23-14-27(53-22-51-5)15-29(32(23)28)34-33(43)35-30(17-44-34)36(46-37(45-35)52-21-40-12-7-13-48(40)18-24(41)16-40)47-19-25-9-10-26(20-47)49(25)38(50)54-39(2,3)4/h1,8,11,14-15,17,24-26H,7,9-10,12-13,16,18-22H2,2-5H3/t24-,25?,26?,40+/m0/s1. The van der Waals surface area contributed by atoms with E-state index in [-0.39, 0.29) is 65.3 Å². The van der Waals surface area contributed by atoms with Gasteiger partial charge in [0.05, 0.1) is 28.6 Å². The molecule has 284 valence electrons. The van der Waals surface area contributed by atoms with Crippen LogP contribution in [0.15, 0.2) is 30.5 Å². The number of rotatable bonds is 8. The lowest BCUT2D eigenvalue weighted by molar-refractivity contribution is 0.0122. The minimum atomic E-state index is -0.957. The zero-order valence-corrected chi connectivity index (χ0v) is 30.8. The van der Waals surface area contributed by atoms with Gasteiger partial charge in [-0.25, -0.2) is 18.0 Å². The van der Waals surface area contributed by atoms with Crippen molar-refractivity contribution in [1.29, 1.82) is 0 Å². The normalized spacial score (nSPS) is 23.9. The summed E-state index contributed by atoms with van der Waals surface area (Å²) in [5.41, 5.74) is -1.16. The molecule has 54 heavy (non-hydrogen) atoms. The summed E-state index contributed by atoms with van der Waals surface area (Å²) in [6, 6.07) is 5.64. The molecule has 14 heteroatoms.